The number of amides is 2. The van der Waals surface area contributed by atoms with Crippen molar-refractivity contribution in [2.45, 2.75) is 32.3 Å². The van der Waals surface area contributed by atoms with Crippen LogP contribution in [0.2, 0.25) is 0 Å². The number of carbonyl (C=O) groups excluding carboxylic acids is 3. The highest BCUT2D eigenvalue weighted by Crippen LogP contribution is 2.15. The van der Waals surface area contributed by atoms with Crippen molar-refractivity contribution in [3.8, 4) is 0 Å². The Morgan fingerprint density at radius 3 is 2.50 bits per heavy atom. The molecule has 156 valence electrons. The summed E-state index contributed by atoms with van der Waals surface area (Å²) in [5.41, 5.74) is 2.19. The lowest BCUT2D eigenvalue weighted by Crippen LogP contribution is -2.30. The first-order valence-corrected chi connectivity index (χ1v) is 9.61. The fourth-order valence-electron chi connectivity index (χ4n) is 2.90. The molecule has 2 aromatic rings. The highest BCUT2D eigenvalue weighted by Gasteiger charge is 2.23. The number of carbonyl (C=O) groups is 3. The molecule has 0 spiro atoms. The average molecular weight is 411 g/mol. The summed E-state index contributed by atoms with van der Waals surface area (Å²) in [6.07, 6.45) is -0.607. The van der Waals surface area contributed by atoms with E-state index in [0.29, 0.717) is 18.7 Å². The molecule has 7 nitrogen and oxygen atoms in total. The zero-order chi connectivity index (χ0) is 21.5. The number of nitrogens with one attached hydrogen (secondary N) is 1. The Balaban J connectivity index is 1.43. The van der Waals surface area contributed by atoms with Crippen molar-refractivity contribution in [2.24, 2.45) is 5.10 Å². The molecule has 2 aromatic carbocycles. The van der Waals surface area contributed by atoms with Crippen LogP contribution in [0.4, 0.5) is 10.1 Å². The predicted molar refractivity (Wildman–Crippen MR) is 109 cm³/mol. The average Bonchev–Trinajstić information content (AvgIpc) is 3.24. The lowest BCUT2D eigenvalue weighted by atomic mass is 10.1. The number of hydrazone groups is 1. The molecular formula is C22H22FN3O4. The van der Waals surface area contributed by atoms with Crippen LogP contribution in [0.5, 0.6) is 0 Å². The number of hydrogen-bond acceptors (Lipinski definition) is 5. The molecule has 0 fully saturated rings. The maximum atomic E-state index is 12.9. The van der Waals surface area contributed by atoms with Crippen molar-refractivity contribution in [2.75, 3.05) is 11.9 Å². The summed E-state index contributed by atoms with van der Waals surface area (Å²) in [5, 5.41) is 8.23. The second-order valence-corrected chi connectivity index (χ2v) is 6.81. The molecule has 1 N–H and O–H groups in total. The zero-order valence-electron chi connectivity index (χ0n) is 16.5. The molecule has 0 bridgehead atoms. The number of ether oxygens (including phenoxy) is 1. The highest BCUT2D eigenvalue weighted by molar-refractivity contribution is 6.02. The van der Waals surface area contributed by atoms with Crippen LogP contribution in [0.15, 0.2) is 59.7 Å². The Kier molecular flexibility index (Phi) is 6.90. The number of rotatable bonds is 7. The molecule has 1 aliphatic rings. The summed E-state index contributed by atoms with van der Waals surface area (Å²) < 4.78 is 18.0. The summed E-state index contributed by atoms with van der Waals surface area (Å²) in [6, 6.07) is 14.8. The van der Waals surface area contributed by atoms with E-state index in [1.165, 1.54) is 36.2 Å². The quantitative estimate of drug-likeness (QED) is 0.709. The minimum atomic E-state index is -1.05. The van der Waals surface area contributed by atoms with Gasteiger partial charge in [0, 0.05) is 18.5 Å². The molecule has 0 radical (unpaired) electrons. The molecule has 3 rings (SSSR count). The van der Waals surface area contributed by atoms with Gasteiger partial charge in [0.25, 0.3) is 5.91 Å². The molecule has 0 saturated carbocycles. The Morgan fingerprint density at radius 1 is 1.10 bits per heavy atom. The molecular weight excluding hydrogens is 389 g/mol. The van der Waals surface area contributed by atoms with Gasteiger partial charge >= 0.3 is 5.97 Å². The maximum Gasteiger partial charge on any atom is 0.307 e. The number of anilines is 1. The van der Waals surface area contributed by atoms with Crippen LogP contribution in [-0.2, 0) is 19.1 Å². The van der Waals surface area contributed by atoms with Crippen LogP contribution < -0.4 is 5.32 Å². The predicted octanol–water partition coefficient (Wildman–Crippen LogP) is 3.11. The van der Waals surface area contributed by atoms with Gasteiger partial charge in [0.05, 0.1) is 18.7 Å². The fourth-order valence-corrected chi connectivity index (χ4v) is 2.90. The van der Waals surface area contributed by atoms with Gasteiger partial charge in [0.2, 0.25) is 5.91 Å². The molecule has 1 aliphatic heterocycles. The van der Waals surface area contributed by atoms with Crippen LogP contribution in [0.1, 0.15) is 31.7 Å². The van der Waals surface area contributed by atoms with E-state index >= 15 is 0 Å². The third-order valence-corrected chi connectivity index (χ3v) is 4.53. The summed E-state index contributed by atoms with van der Waals surface area (Å²) >= 11 is 0. The Labute approximate surface area is 173 Å². The Hall–Kier alpha value is -3.55. The molecule has 30 heavy (non-hydrogen) atoms. The lowest BCUT2D eigenvalue weighted by molar-refractivity contribution is -0.154. The van der Waals surface area contributed by atoms with Crippen LogP contribution in [-0.4, -0.2) is 41.2 Å². The molecule has 0 aliphatic carbocycles. The minimum absolute atomic E-state index is 0.0588. The second kappa shape index (κ2) is 9.78. The van der Waals surface area contributed by atoms with Gasteiger partial charge < -0.3 is 10.1 Å². The van der Waals surface area contributed by atoms with E-state index in [-0.39, 0.29) is 18.7 Å². The van der Waals surface area contributed by atoms with E-state index in [4.69, 9.17) is 4.74 Å². The zero-order valence-corrected chi connectivity index (χ0v) is 16.5. The van der Waals surface area contributed by atoms with Crippen molar-refractivity contribution >= 4 is 29.2 Å². The molecule has 2 amide bonds. The standard InChI is InChI=1S/C22H22FN3O4/c1-15(22(29)24-18-9-7-17(23)8-10-18)30-21(28)12-11-20(27)26-14-13-19(25-26)16-5-3-2-4-6-16/h2-10,15H,11-14H2,1H3,(H,24,29)/t15-/m0/s1. The van der Waals surface area contributed by atoms with E-state index < -0.39 is 23.8 Å². The van der Waals surface area contributed by atoms with Gasteiger partial charge in [-0.05, 0) is 36.8 Å². The van der Waals surface area contributed by atoms with E-state index in [1.807, 2.05) is 30.3 Å². The number of benzene rings is 2. The van der Waals surface area contributed by atoms with E-state index in [1.54, 1.807) is 0 Å². The van der Waals surface area contributed by atoms with Gasteiger partial charge in [-0.15, -0.1) is 0 Å². The molecule has 1 atom stereocenters. The van der Waals surface area contributed by atoms with Gasteiger partial charge in [-0.2, -0.15) is 5.10 Å². The SMILES string of the molecule is C[C@H](OC(=O)CCC(=O)N1CCC(c2ccccc2)=N1)C(=O)Nc1ccc(F)cc1. The normalized spacial score (nSPS) is 14.1. The number of hydrogen-bond donors (Lipinski definition) is 1. The third kappa shape index (κ3) is 5.73. The molecule has 0 saturated heterocycles. The van der Waals surface area contributed by atoms with E-state index in [0.717, 1.165) is 11.3 Å². The lowest BCUT2D eigenvalue weighted by Gasteiger charge is -2.14. The smallest absolute Gasteiger partial charge is 0.307 e. The minimum Gasteiger partial charge on any atom is -0.453 e. The fraction of sp³-hybridized carbons (Fsp3) is 0.273. The molecule has 8 heteroatoms. The van der Waals surface area contributed by atoms with Gasteiger partial charge in [0.15, 0.2) is 6.10 Å². The summed E-state index contributed by atoms with van der Waals surface area (Å²) in [4.78, 5) is 36.4. The monoisotopic (exact) mass is 411 g/mol. The van der Waals surface area contributed by atoms with Crippen molar-refractivity contribution in [3.63, 3.8) is 0 Å². The topological polar surface area (TPSA) is 88.1 Å². The Morgan fingerprint density at radius 2 is 1.80 bits per heavy atom. The van der Waals surface area contributed by atoms with Gasteiger partial charge in [-0.3, -0.25) is 14.4 Å². The summed E-state index contributed by atoms with van der Waals surface area (Å²) in [5.74, 6) is -1.90. The first-order valence-electron chi connectivity index (χ1n) is 9.61. The maximum absolute atomic E-state index is 12.9. The number of nitrogens with zero attached hydrogens (tertiary/aromatic N) is 2. The van der Waals surface area contributed by atoms with Crippen LogP contribution in [0.3, 0.4) is 0 Å². The van der Waals surface area contributed by atoms with Crippen molar-refractivity contribution < 1.29 is 23.5 Å². The van der Waals surface area contributed by atoms with E-state index in [9.17, 15) is 18.8 Å². The van der Waals surface area contributed by atoms with Gasteiger partial charge in [-0.1, -0.05) is 30.3 Å². The molecule has 1 heterocycles. The van der Waals surface area contributed by atoms with Crippen LogP contribution in [0, 0.1) is 5.82 Å². The summed E-state index contributed by atoms with van der Waals surface area (Å²) in [7, 11) is 0. The van der Waals surface area contributed by atoms with Crippen molar-refractivity contribution in [1.82, 2.24) is 5.01 Å². The third-order valence-electron chi connectivity index (χ3n) is 4.53. The first kappa shape index (κ1) is 21.2. The van der Waals surface area contributed by atoms with Crippen molar-refractivity contribution in [3.05, 3.63) is 66.0 Å². The van der Waals surface area contributed by atoms with E-state index in [2.05, 4.69) is 10.4 Å². The first-order chi connectivity index (χ1) is 14.4. The molecule has 0 aromatic heterocycles. The number of halogens is 1. The molecule has 0 unspecified atom stereocenters. The highest BCUT2D eigenvalue weighted by atomic mass is 19.1. The van der Waals surface area contributed by atoms with Crippen LogP contribution in [0.25, 0.3) is 0 Å². The van der Waals surface area contributed by atoms with Crippen molar-refractivity contribution in [1.29, 1.82) is 0 Å². The van der Waals surface area contributed by atoms with Gasteiger partial charge in [0.1, 0.15) is 5.82 Å². The second-order valence-electron chi connectivity index (χ2n) is 6.81. The summed E-state index contributed by atoms with van der Waals surface area (Å²) in [6.45, 7) is 1.89. The number of esters is 1. The van der Waals surface area contributed by atoms with Crippen LogP contribution >= 0.6 is 0 Å². The largest absolute Gasteiger partial charge is 0.453 e. The van der Waals surface area contributed by atoms with Gasteiger partial charge in [-0.25, -0.2) is 9.40 Å². The Bertz CT molecular complexity index is 945.